The summed E-state index contributed by atoms with van der Waals surface area (Å²) in [7, 11) is -3.69. The summed E-state index contributed by atoms with van der Waals surface area (Å²) in [6.45, 7) is 0.421. The second-order valence-electron chi connectivity index (χ2n) is 5.79. The number of carbonyl (C=O) groups excluding carboxylic acids is 1. The van der Waals surface area contributed by atoms with E-state index >= 15 is 0 Å². The van der Waals surface area contributed by atoms with Gasteiger partial charge in [-0.1, -0.05) is 23.7 Å². The van der Waals surface area contributed by atoms with Crippen LogP contribution < -0.4 is 15.2 Å². The van der Waals surface area contributed by atoms with Crippen LogP contribution in [-0.2, 0) is 27.7 Å². The lowest BCUT2D eigenvalue weighted by Gasteiger charge is -2.11. The fourth-order valence-corrected chi connectivity index (χ4v) is 3.36. The van der Waals surface area contributed by atoms with Crippen molar-refractivity contribution < 1.29 is 17.9 Å². The third kappa shape index (κ3) is 4.31. The highest BCUT2D eigenvalue weighted by Gasteiger charge is 2.28. The molecule has 0 aromatic heterocycles. The lowest BCUT2D eigenvalue weighted by Crippen LogP contribution is -2.38. The molecule has 8 heteroatoms. The molecule has 0 saturated carbocycles. The standard InChI is InChI=1S/C17H17ClN2O4S/c18-13-3-6-15-12(9-13)10-16(24-15)17(21)20-8-7-11-1-4-14(5-2-11)25(19,22)23/h1-6,9,16H,7-8,10H2,(H,20,21)(H2,19,22,23)/t16-/m1/s1. The molecule has 2 aromatic rings. The summed E-state index contributed by atoms with van der Waals surface area (Å²) in [5, 5.41) is 8.50. The fourth-order valence-electron chi connectivity index (χ4n) is 2.65. The molecule has 3 rings (SSSR count). The number of halogens is 1. The van der Waals surface area contributed by atoms with Crippen LogP contribution in [0.2, 0.25) is 5.02 Å². The van der Waals surface area contributed by atoms with Crippen molar-refractivity contribution in [1.82, 2.24) is 5.32 Å². The van der Waals surface area contributed by atoms with Gasteiger partial charge in [0.1, 0.15) is 5.75 Å². The van der Waals surface area contributed by atoms with E-state index in [1.54, 1.807) is 30.3 Å². The smallest absolute Gasteiger partial charge is 0.261 e. The van der Waals surface area contributed by atoms with Gasteiger partial charge in [-0.25, -0.2) is 13.6 Å². The Morgan fingerprint density at radius 2 is 1.96 bits per heavy atom. The number of primary sulfonamides is 1. The highest BCUT2D eigenvalue weighted by Crippen LogP contribution is 2.31. The fraction of sp³-hybridized carbons (Fsp3) is 0.235. The summed E-state index contributed by atoms with van der Waals surface area (Å²) in [6, 6.07) is 11.5. The number of ether oxygens (including phenoxy) is 1. The molecule has 1 atom stereocenters. The molecule has 132 valence electrons. The molecule has 1 aliphatic heterocycles. The van der Waals surface area contributed by atoms with Gasteiger partial charge >= 0.3 is 0 Å². The molecule has 0 radical (unpaired) electrons. The predicted molar refractivity (Wildman–Crippen MR) is 94.1 cm³/mol. The Morgan fingerprint density at radius 1 is 1.24 bits per heavy atom. The van der Waals surface area contributed by atoms with Crippen LogP contribution in [0.15, 0.2) is 47.4 Å². The molecular formula is C17H17ClN2O4S. The second kappa shape index (κ2) is 7.03. The Balaban J connectivity index is 1.50. The zero-order valence-corrected chi connectivity index (χ0v) is 14.8. The molecule has 1 amide bonds. The zero-order valence-electron chi connectivity index (χ0n) is 13.2. The van der Waals surface area contributed by atoms with E-state index in [1.807, 2.05) is 0 Å². The molecule has 6 nitrogen and oxygen atoms in total. The highest BCUT2D eigenvalue weighted by molar-refractivity contribution is 7.89. The first-order chi connectivity index (χ1) is 11.8. The van der Waals surface area contributed by atoms with Gasteiger partial charge in [-0.05, 0) is 47.9 Å². The maximum absolute atomic E-state index is 12.2. The summed E-state index contributed by atoms with van der Waals surface area (Å²) < 4.78 is 28.0. The van der Waals surface area contributed by atoms with Crippen molar-refractivity contribution in [1.29, 1.82) is 0 Å². The van der Waals surface area contributed by atoms with Crippen LogP contribution in [0.1, 0.15) is 11.1 Å². The maximum atomic E-state index is 12.2. The number of benzene rings is 2. The van der Waals surface area contributed by atoms with Gasteiger partial charge in [0.15, 0.2) is 6.10 Å². The van der Waals surface area contributed by atoms with E-state index in [4.69, 9.17) is 21.5 Å². The summed E-state index contributed by atoms with van der Waals surface area (Å²) in [6.07, 6.45) is 0.505. The van der Waals surface area contributed by atoms with Crippen molar-refractivity contribution >= 4 is 27.5 Å². The number of amides is 1. The Kier molecular flexibility index (Phi) is 4.99. The third-order valence-corrected chi connectivity index (χ3v) is 5.12. The maximum Gasteiger partial charge on any atom is 0.261 e. The number of rotatable bonds is 5. The van der Waals surface area contributed by atoms with E-state index < -0.39 is 16.1 Å². The first-order valence-corrected chi connectivity index (χ1v) is 9.60. The van der Waals surface area contributed by atoms with Crippen molar-refractivity contribution in [2.45, 2.75) is 23.8 Å². The number of hydrogen-bond acceptors (Lipinski definition) is 4. The number of nitrogens with two attached hydrogens (primary N) is 1. The SMILES string of the molecule is NS(=O)(=O)c1ccc(CCNC(=O)[C@H]2Cc3cc(Cl)ccc3O2)cc1. The monoisotopic (exact) mass is 380 g/mol. The van der Waals surface area contributed by atoms with Gasteiger partial charge in [-0.3, -0.25) is 4.79 Å². The number of sulfonamides is 1. The van der Waals surface area contributed by atoms with Crippen LogP contribution in [-0.4, -0.2) is 27.0 Å². The quantitative estimate of drug-likeness (QED) is 0.823. The number of carbonyl (C=O) groups is 1. The van der Waals surface area contributed by atoms with E-state index in [0.29, 0.717) is 30.2 Å². The molecule has 0 spiro atoms. The van der Waals surface area contributed by atoms with Crippen molar-refractivity contribution in [2.75, 3.05) is 6.54 Å². The molecule has 2 aromatic carbocycles. The van der Waals surface area contributed by atoms with E-state index in [-0.39, 0.29) is 10.8 Å². The molecular weight excluding hydrogens is 364 g/mol. The predicted octanol–water partition coefficient (Wildman–Crippen LogP) is 1.65. The molecule has 1 heterocycles. The minimum Gasteiger partial charge on any atom is -0.480 e. The third-order valence-electron chi connectivity index (χ3n) is 3.95. The molecule has 0 unspecified atom stereocenters. The topological polar surface area (TPSA) is 98.5 Å². The van der Waals surface area contributed by atoms with Crippen LogP contribution in [0.25, 0.3) is 0 Å². The van der Waals surface area contributed by atoms with Gasteiger partial charge in [0.05, 0.1) is 4.90 Å². The molecule has 0 bridgehead atoms. The van der Waals surface area contributed by atoms with E-state index in [1.165, 1.54) is 12.1 Å². The first kappa shape index (κ1) is 17.7. The summed E-state index contributed by atoms with van der Waals surface area (Å²) in [5.41, 5.74) is 1.82. The average molecular weight is 381 g/mol. The Labute approximate surface area is 151 Å². The average Bonchev–Trinajstić information content (AvgIpc) is 2.97. The molecule has 0 aliphatic carbocycles. The largest absolute Gasteiger partial charge is 0.480 e. The second-order valence-corrected chi connectivity index (χ2v) is 7.79. The van der Waals surface area contributed by atoms with Gasteiger partial charge in [0.25, 0.3) is 5.91 Å². The van der Waals surface area contributed by atoms with Crippen LogP contribution in [0.3, 0.4) is 0 Å². The molecule has 3 N–H and O–H groups in total. The normalized spacial score (nSPS) is 16.2. The van der Waals surface area contributed by atoms with E-state index in [2.05, 4.69) is 5.32 Å². The molecule has 25 heavy (non-hydrogen) atoms. The van der Waals surface area contributed by atoms with Crippen molar-refractivity contribution in [3.05, 3.63) is 58.6 Å². The number of fused-ring (bicyclic) bond motifs is 1. The number of nitrogens with one attached hydrogen (secondary N) is 1. The lowest BCUT2D eigenvalue weighted by atomic mass is 10.1. The Hall–Kier alpha value is -2.09. The Bertz CT molecular complexity index is 897. The van der Waals surface area contributed by atoms with Crippen LogP contribution in [0.5, 0.6) is 5.75 Å². The molecule has 0 saturated heterocycles. The zero-order chi connectivity index (χ0) is 18.0. The van der Waals surface area contributed by atoms with Gasteiger partial charge in [-0.15, -0.1) is 0 Å². The first-order valence-electron chi connectivity index (χ1n) is 7.67. The number of hydrogen-bond donors (Lipinski definition) is 2. The van der Waals surface area contributed by atoms with Crippen LogP contribution >= 0.6 is 11.6 Å². The van der Waals surface area contributed by atoms with Crippen LogP contribution in [0, 0.1) is 0 Å². The van der Waals surface area contributed by atoms with Gasteiger partial charge in [0, 0.05) is 18.0 Å². The van der Waals surface area contributed by atoms with E-state index in [9.17, 15) is 13.2 Å². The van der Waals surface area contributed by atoms with Gasteiger partial charge < -0.3 is 10.1 Å². The summed E-state index contributed by atoms with van der Waals surface area (Å²) >= 11 is 5.94. The summed E-state index contributed by atoms with van der Waals surface area (Å²) in [4.78, 5) is 12.3. The minimum atomic E-state index is -3.69. The van der Waals surface area contributed by atoms with Crippen molar-refractivity contribution in [2.24, 2.45) is 5.14 Å². The van der Waals surface area contributed by atoms with Gasteiger partial charge in [0.2, 0.25) is 10.0 Å². The lowest BCUT2D eigenvalue weighted by molar-refractivity contribution is -0.127. The highest BCUT2D eigenvalue weighted by atomic mass is 35.5. The molecule has 1 aliphatic rings. The Morgan fingerprint density at radius 3 is 2.64 bits per heavy atom. The molecule has 0 fully saturated rings. The van der Waals surface area contributed by atoms with E-state index in [0.717, 1.165) is 11.1 Å². The summed E-state index contributed by atoms with van der Waals surface area (Å²) in [5.74, 6) is 0.497. The van der Waals surface area contributed by atoms with Crippen molar-refractivity contribution in [3.8, 4) is 5.75 Å². The van der Waals surface area contributed by atoms with Gasteiger partial charge in [-0.2, -0.15) is 0 Å². The van der Waals surface area contributed by atoms with Crippen LogP contribution in [0.4, 0.5) is 0 Å². The van der Waals surface area contributed by atoms with Crippen molar-refractivity contribution in [3.63, 3.8) is 0 Å². The minimum absolute atomic E-state index is 0.0658.